The van der Waals surface area contributed by atoms with Gasteiger partial charge in [-0.25, -0.2) is 0 Å². The molecule has 0 aromatic heterocycles. The van der Waals surface area contributed by atoms with Crippen molar-refractivity contribution < 1.29 is 19.4 Å². The normalized spacial score (nSPS) is 16.5. The molecule has 0 radical (unpaired) electrons. The number of rotatable bonds is 5. The number of ether oxygens (including phenoxy) is 1. The molecule has 0 aromatic rings. The number of likely N-dealkylation sites (tertiary alicyclic amines) is 1. The molecule has 0 unspecified atom stereocenters. The van der Waals surface area contributed by atoms with Gasteiger partial charge in [-0.1, -0.05) is 0 Å². The van der Waals surface area contributed by atoms with Crippen LogP contribution in [0.15, 0.2) is 0 Å². The first-order chi connectivity index (χ1) is 6.65. The van der Waals surface area contributed by atoms with E-state index in [1.54, 1.807) is 4.90 Å². The van der Waals surface area contributed by atoms with Crippen LogP contribution in [-0.4, -0.2) is 48.2 Å². The molecule has 1 aliphatic rings. The van der Waals surface area contributed by atoms with Crippen LogP contribution in [0, 0.1) is 5.92 Å². The Balaban J connectivity index is 2.13. The van der Waals surface area contributed by atoms with E-state index in [9.17, 15) is 9.59 Å². The molecular weight excluding hydrogens is 186 g/mol. The summed E-state index contributed by atoms with van der Waals surface area (Å²) in [5.74, 6) is -1.21. The van der Waals surface area contributed by atoms with Gasteiger partial charge in [-0.15, -0.1) is 0 Å². The topological polar surface area (TPSA) is 66.8 Å². The molecule has 1 aliphatic heterocycles. The molecule has 1 fully saturated rings. The second kappa shape index (κ2) is 4.95. The molecule has 0 bridgehead atoms. The zero-order chi connectivity index (χ0) is 10.6. The molecule has 1 amide bonds. The molecule has 0 saturated carbocycles. The summed E-state index contributed by atoms with van der Waals surface area (Å²) in [4.78, 5) is 23.3. The first-order valence-electron chi connectivity index (χ1n) is 4.73. The van der Waals surface area contributed by atoms with Crippen LogP contribution in [0.4, 0.5) is 0 Å². The number of amides is 1. The van der Waals surface area contributed by atoms with Gasteiger partial charge in [0.25, 0.3) is 0 Å². The summed E-state index contributed by atoms with van der Waals surface area (Å²) in [6, 6.07) is 0. The van der Waals surface area contributed by atoms with Crippen LogP contribution >= 0.6 is 0 Å². The molecule has 5 nitrogen and oxygen atoms in total. The van der Waals surface area contributed by atoms with Crippen molar-refractivity contribution in [3.8, 4) is 0 Å². The summed E-state index contributed by atoms with van der Waals surface area (Å²) in [6.45, 7) is 3.59. The van der Waals surface area contributed by atoms with Crippen molar-refractivity contribution in [2.75, 3.05) is 26.3 Å². The van der Waals surface area contributed by atoms with E-state index in [2.05, 4.69) is 0 Å². The highest BCUT2D eigenvalue weighted by atomic mass is 16.5. The number of carboxylic acids is 1. The molecule has 1 heterocycles. The maximum Gasteiger partial charge on any atom is 0.310 e. The van der Waals surface area contributed by atoms with E-state index >= 15 is 0 Å². The summed E-state index contributed by atoms with van der Waals surface area (Å²) in [6.07, 6.45) is 0.347. The molecule has 0 spiro atoms. The third-order valence-electron chi connectivity index (χ3n) is 2.25. The Kier molecular flexibility index (Phi) is 3.88. The van der Waals surface area contributed by atoms with Crippen molar-refractivity contribution in [3.05, 3.63) is 0 Å². The van der Waals surface area contributed by atoms with E-state index in [1.807, 2.05) is 6.92 Å². The van der Waals surface area contributed by atoms with Gasteiger partial charge in [0.2, 0.25) is 5.91 Å². The van der Waals surface area contributed by atoms with E-state index in [1.165, 1.54) is 0 Å². The number of nitrogens with zero attached hydrogens (tertiary/aromatic N) is 1. The monoisotopic (exact) mass is 201 g/mol. The lowest BCUT2D eigenvalue weighted by molar-refractivity contribution is -0.153. The predicted molar refractivity (Wildman–Crippen MR) is 48.8 cm³/mol. The Labute approximate surface area is 82.6 Å². The summed E-state index contributed by atoms with van der Waals surface area (Å²) in [7, 11) is 0. The lowest BCUT2D eigenvalue weighted by Gasteiger charge is -2.36. The van der Waals surface area contributed by atoms with E-state index < -0.39 is 5.97 Å². The van der Waals surface area contributed by atoms with Crippen LogP contribution in [0.3, 0.4) is 0 Å². The Bertz CT molecular complexity index is 223. The minimum Gasteiger partial charge on any atom is -0.481 e. The van der Waals surface area contributed by atoms with E-state index in [0.717, 1.165) is 0 Å². The Morgan fingerprint density at radius 3 is 2.64 bits per heavy atom. The first-order valence-corrected chi connectivity index (χ1v) is 4.73. The zero-order valence-corrected chi connectivity index (χ0v) is 8.23. The van der Waals surface area contributed by atoms with Gasteiger partial charge in [0.15, 0.2) is 0 Å². The average Bonchev–Trinajstić information content (AvgIpc) is 2.01. The zero-order valence-electron chi connectivity index (χ0n) is 8.23. The molecule has 0 aliphatic carbocycles. The fraction of sp³-hybridized carbons (Fsp3) is 0.778. The van der Waals surface area contributed by atoms with Gasteiger partial charge in [0, 0.05) is 19.7 Å². The van der Waals surface area contributed by atoms with E-state index in [-0.39, 0.29) is 11.8 Å². The second-order valence-corrected chi connectivity index (χ2v) is 3.28. The number of hydrogen-bond acceptors (Lipinski definition) is 3. The maximum atomic E-state index is 11.3. The van der Waals surface area contributed by atoms with Gasteiger partial charge >= 0.3 is 5.97 Å². The van der Waals surface area contributed by atoms with Crippen molar-refractivity contribution in [2.24, 2.45) is 5.92 Å². The van der Waals surface area contributed by atoms with Gasteiger partial charge < -0.3 is 14.7 Å². The number of hydrogen-bond donors (Lipinski definition) is 1. The third-order valence-corrected chi connectivity index (χ3v) is 2.25. The largest absolute Gasteiger partial charge is 0.481 e. The van der Waals surface area contributed by atoms with Gasteiger partial charge in [0.1, 0.15) is 0 Å². The SMILES string of the molecule is CCOCCC(=O)N1CC(C(=O)O)C1. The van der Waals surface area contributed by atoms with Crippen LogP contribution in [0.5, 0.6) is 0 Å². The number of carbonyl (C=O) groups is 2. The third kappa shape index (κ3) is 2.70. The fourth-order valence-electron chi connectivity index (χ4n) is 1.30. The summed E-state index contributed by atoms with van der Waals surface area (Å²) >= 11 is 0. The molecular formula is C9H15NO4. The minimum absolute atomic E-state index is 0.0176. The predicted octanol–water partition coefficient (Wildman–Crippen LogP) is -0.0440. The lowest BCUT2D eigenvalue weighted by atomic mass is 10.0. The Morgan fingerprint density at radius 1 is 1.50 bits per heavy atom. The molecule has 5 heteroatoms. The van der Waals surface area contributed by atoms with Crippen LogP contribution in [0.25, 0.3) is 0 Å². The molecule has 1 N–H and O–H groups in total. The quantitative estimate of drug-likeness (QED) is 0.633. The van der Waals surface area contributed by atoms with Crippen molar-refractivity contribution in [3.63, 3.8) is 0 Å². The fourth-order valence-corrected chi connectivity index (χ4v) is 1.30. The molecule has 1 rings (SSSR count). The summed E-state index contributed by atoms with van der Waals surface area (Å²) in [5.41, 5.74) is 0. The van der Waals surface area contributed by atoms with Crippen LogP contribution < -0.4 is 0 Å². The highest BCUT2D eigenvalue weighted by Gasteiger charge is 2.34. The van der Waals surface area contributed by atoms with Gasteiger partial charge in [-0.3, -0.25) is 9.59 Å². The standard InChI is InChI=1S/C9H15NO4/c1-2-14-4-3-8(11)10-5-7(6-10)9(12)13/h7H,2-6H2,1H3,(H,12,13). The number of aliphatic carboxylic acids is 1. The van der Waals surface area contributed by atoms with Gasteiger partial charge in [-0.2, -0.15) is 0 Å². The molecule has 0 aromatic carbocycles. The molecule has 0 atom stereocenters. The van der Waals surface area contributed by atoms with E-state index in [4.69, 9.17) is 9.84 Å². The Morgan fingerprint density at radius 2 is 2.14 bits per heavy atom. The lowest BCUT2D eigenvalue weighted by Crippen LogP contribution is -2.53. The maximum absolute atomic E-state index is 11.3. The van der Waals surface area contributed by atoms with E-state index in [0.29, 0.717) is 32.7 Å². The number of carboxylic acid groups (broad SMARTS) is 1. The number of carbonyl (C=O) groups excluding carboxylic acids is 1. The molecule has 80 valence electrons. The summed E-state index contributed by atoms with van der Waals surface area (Å²) < 4.78 is 5.03. The summed E-state index contributed by atoms with van der Waals surface area (Å²) in [5, 5.41) is 8.58. The van der Waals surface area contributed by atoms with Crippen LogP contribution in [0.1, 0.15) is 13.3 Å². The smallest absolute Gasteiger partial charge is 0.310 e. The van der Waals surface area contributed by atoms with Crippen molar-refractivity contribution in [1.29, 1.82) is 0 Å². The average molecular weight is 201 g/mol. The van der Waals surface area contributed by atoms with Crippen LogP contribution in [0.2, 0.25) is 0 Å². The van der Waals surface area contributed by atoms with Crippen LogP contribution in [-0.2, 0) is 14.3 Å². The first kappa shape index (κ1) is 11.0. The van der Waals surface area contributed by atoms with Gasteiger partial charge in [0.05, 0.1) is 18.9 Å². The van der Waals surface area contributed by atoms with Crippen molar-refractivity contribution >= 4 is 11.9 Å². The second-order valence-electron chi connectivity index (χ2n) is 3.28. The highest BCUT2D eigenvalue weighted by molar-refractivity contribution is 5.80. The molecule has 1 saturated heterocycles. The minimum atomic E-state index is -0.821. The van der Waals surface area contributed by atoms with Crippen molar-refractivity contribution in [2.45, 2.75) is 13.3 Å². The van der Waals surface area contributed by atoms with Crippen molar-refractivity contribution in [1.82, 2.24) is 4.90 Å². The highest BCUT2D eigenvalue weighted by Crippen LogP contribution is 2.16. The van der Waals surface area contributed by atoms with Gasteiger partial charge in [-0.05, 0) is 6.92 Å². The Hall–Kier alpha value is -1.10. The molecule has 14 heavy (non-hydrogen) atoms.